The largest absolute Gasteiger partial charge is 0.508 e. The number of likely N-dealkylation sites (N-methyl/N-ethyl adjacent to an activating group) is 1. The Kier molecular flexibility index (Phi) is 4.92. The molecule has 1 amide bonds. The first kappa shape index (κ1) is 22.0. The smallest absolute Gasteiger partial charge is 0.255 e. The number of phenols is 1. The molecule has 4 rings (SSSR count). The number of hydrogen-bond donors (Lipinski definition) is 6. The van der Waals surface area contributed by atoms with Crippen molar-refractivity contribution in [1.29, 1.82) is 0 Å². The number of Topliss-reactive ketones (excluding diaryl/α,β-unsaturated/α-hetero) is 2. The van der Waals surface area contributed by atoms with Crippen molar-refractivity contribution < 1.29 is 39.9 Å². The molecular formula is C22H24N2O8. The van der Waals surface area contributed by atoms with Crippen molar-refractivity contribution in [2.24, 2.45) is 17.6 Å². The standard InChI is InChI=1S/C22H24N2O8/c1-3-24(2)15-10-7-9-13(17(27)12-8(16(9)26)5-4-6-11(12)25)19(29)22(10,32)20(30)14(18(15)28)21(23)31/h4-6,9-10,15-16,25-27,30,32H,3,7H2,1-2H3,(H2,23,31). The second kappa shape index (κ2) is 7.16. The number of aliphatic hydroxyl groups is 4. The number of fused-ring (bicyclic) bond motifs is 3. The van der Waals surface area contributed by atoms with Crippen molar-refractivity contribution in [2.45, 2.75) is 31.1 Å². The molecule has 7 N–H and O–H groups in total. The fourth-order valence-corrected chi connectivity index (χ4v) is 5.31. The van der Waals surface area contributed by atoms with Crippen LogP contribution in [0, 0.1) is 11.8 Å². The lowest BCUT2D eigenvalue weighted by Crippen LogP contribution is -2.66. The molecule has 0 spiro atoms. The molecule has 0 saturated heterocycles. The van der Waals surface area contributed by atoms with Crippen LogP contribution in [0.5, 0.6) is 5.75 Å². The van der Waals surface area contributed by atoms with Gasteiger partial charge in [-0.2, -0.15) is 0 Å². The molecule has 5 unspecified atom stereocenters. The van der Waals surface area contributed by atoms with Crippen LogP contribution < -0.4 is 5.73 Å². The number of hydrogen-bond acceptors (Lipinski definition) is 9. The van der Waals surface area contributed by atoms with E-state index in [2.05, 4.69) is 0 Å². The van der Waals surface area contributed by atoms with Crippen LogP contribution in [0.1, 0.15) is 30.6 Å². The number of nitrogens with two attached hydrogens (primary N) is 1. The van der Waals surface area contributed by atoms with Gasteiger partial charge in [-0.05, 0) is 31.6 Å². The second-order valence-electron chi connectivity index (χ2n) is 8.46. The van der Waals surface area contributed by atoms with Crippen LogP contribution in [-0.4, -0.2) is 73.1 Å². The zero-order valence-corrected chi connectivity index (χ0v) is 17.4. The fraction of sp³-hybridized carbons (Fsp3) is 0.409. The summed E-state index contributed by atoms with van der Waals surface area (Å²) in [5.41, 5.74) is 1.32. The minimum Gasteiger partial charge on any atom is -0.508 e. The highest BCUT2D eigenvalue weighted by molar-refractivity contribution is 6.24. The van der Waals surface area contributed by atoms with Crippen LogP contribution in [0.15, 0.2) is 35.1 Å². The average molecular weight is 444 g/mol. The maximum Gasteiger partial charge on any atom is 0.255 e. The maximum atomic E-state index is 13.6. The van der Waals surface area contributed by atoms with Crippen molar-refractivity contribution in [3.63, 3.8) is 0 Å². The van der Waals surface area contributed by atoms with E-state index < -0.39 is 69.7 Å². The van der Waals surface area contributed by atoms with Gasteiger partial charge in [0, 0.05) is 17.4 Å². The summed E-state index contributed by atoms with van der Waals surface area (Å²) in [7, 11) is 1.56. The fourth-order valence-electron chi connectivity index (χ4n) is 5.31. The Morgan fingerprint density at radius 2 is 1.91 bits per heavy atom. The lowest BCUT2D eigenvalue weighted by atomic mass is 9.57. The molecule has 3 aliphatic rings. The summed E-state index contributed by atoms with van der Waals surface area (Å²) in [6, 6.07) is 3.04. The van der Waals surface area contributed by atoms with Gasteiger partial charge >= 0.3 is 0 Å². The van der Waals surface area contributed by atoms with Gasteiger partial charge in [-0.25, -0.2) is 0 Å². The molecule has 10 heteroatoms. The number of carbonyl (C=O) groups excluding carboxylic acids is 3. The lowest BCUT2D eigenvalue weighted by Gasteiger charge is -2.51. The summed E-state index contributed by atoms with van der Waals surface area (Å²) < 4.78 is 0. The van der Waals surface area contributed by atoms with Crippen molar-refractivity contribution in [3.8, 4) is 5.75 Å². The van der Waals surface area contributed by atoms with E-state index in [9.17, 15) is 39.9 Å². The molecular weight excluding hydrogens is 420 g/mol. The highest BCUT2D eigenvalue weighted by atomic mass is 16.3. The first-order valence-corrected chi connectivity index (χ1v) is 10.2. The zero-order valence-electron chi connectivity index (χ0n) is 17.4. The quantitative estimate of drug-likeness (QED) is 0.345. The third-order valence-electron chi connectivity index (χ3n) is 6.99. The van der Waals surface area contributed by atoms with Crippen LogP contribution >= 0.6 is 0 Å². The topological polar surface area (TPSA) is 182 Å². The highest BCUT2D eigenvalue weighted by Crippen LogP contribution is 2.55. The number of primary amides is 1. The second-order valence-corrected chi connectivity index (χ2v) is 8.46. The van der Waals surface area contributed by atoms with Gasteiger partial charge in [0.25, 0.3) is 5.91 Å². The Bertz CT molecular complexity index is 1120. The monoisotopic (exact) mass is 444 g/mol. The van der Waals surface area contributed by atoms with E-state index in [4.69, 9.17) is 5.73 Å². The zero-order chi connectivity index (χ0) is 23.7. The maximum absolute atomic E-state index is 13.6. The lowest BCUT2D eigenvalue weighted by molar-refractivity contribution is -0.156. The van der Waals surface area contributed by atoms with Gasteiger partial charge in [0.05, 0.1) is 17.7 Å². The number of benzene rings is 1. The molecule has 1 fully saturated rings. The Morgan fingerprint density at radius 1 is 1.25 bits per heavy atom. The summed E-state index contributed by atoms with van der Waals surface area (Å²) in [4.78, 5) is 40.2. The number of aromatic hydroxyl groups is 1. The average Bonchev–Trinajstić information content (AvgIpc) is 2.73. The van der Waals surface area contributed by atoms with E-state index >= 15 is 0 Å². The van der Waals surface area contributed by atoms with Crippen molar-refractivity contribution in [2.75, 3.05) is 13.6 Å². The normalized spacial score (nSPS) is 32.0. The Balaban J connectivity index is 2.01. The van der Waals surface area contributed by atoms with Crippen LogP contribution in [0.4, 0.5) is 0 Å². The molecule has 32 heavy (non-hydrogen) atoms. The SMILES string of the molecule is CCN(C)C1C(=O)C(C(N)=O)=C(O)C2(O)C(=O)C3=C(O)c4c(O)cccc4C(O)C3CC12. The summed E-state index contributed by atoms with van der Waals surface area (Å²) in [5.74, 6) is -7.74. The van der Waals surface area contributed by atoms with Crippen LogP contribution in [0.2, 0.25) is 0 Å². The molecule has 3 aliphatic carbocycles. The Hall–Kier alpha value is -3.21. The highest BCUT2D eigenvalue weighted by Gasteiger charge is 2.65. The van der Waals surface area contributed by atoms with Gasteiger partial charge in [-0.15, -0.1) is 0 Å². The summed E-state index contributed by atoms with van der Waals surface area (Å²) in [5, 5.41) is 54.4. The molecule has 0 aromatic heterocycles. The van der Waals surface area contributed by atoms with Crippen molar-refractivity contribution in [3.05, 3.63) is 46.2 Å². The minimum absolute atomic E-state index is 0.158. The number of carbonyl (C=O) groups is 3. The summed E-state index contributed by atoms with van der Waals surface area (Å²) >= 11 is 0. The molecule has 10 nitrogen and oxygen atoms in total. The van der Waals surface area contributed by atoms with Gasteiger partial charge in [0.2, 0.25) is 5.78 Å². The first-order chi connectivity index (χ1) is 15.0. The summed E-state index contributed by atoms with van der Waals surface area (Å²) in [6.07, 6.45) is -1.50. The number of phenolic OH excluding ortho intramolecular Hbond substituents is 1. The predicted octanol–water partition coefficient (Wildman–Crippen LogP) is -0.155. The third-order valence-corrected chi connectivity index (χ3v) is 6.99. The van der Waals surface area contributed by atoms with Crippen molar-refractivity contribution >= 4 is 23.2 Å². The molecule has 0 bridgehead atoms. The first-order valence-electron chi connectivity index (χ1n) is 10.2. The number of amides is 1. The van der Waals surface area contributed by atoms with E-state index in [-0.39, 0.29) is 23.3 Å². The number of nitrogens with zero attached hydrogens (tertiary/aromatic N) is 1. The molecule has 5 atom stereocenters. The van der Waals surface area contributed by atoms with Gasteiger partial charge < -0.3 is 31.3 Å². The Labute approximate surface area is 182 Å². The Morgan fingerprint density at radius 3 is 2.50 bits per heavy atom. The molecule has 1 aromatic rings. The molecule has 1 saturated carbocycles. The van der Waals surface area contributed by atoms with E-state index in [1.807, 2.05) is 0 Å². The number of rotatable bonds is 3. The van der Waals surface area contributed by atoms with E-state index in [1.54, 1.807) is 14.0 Å². The molecule has 0 aliphatic heterocycles. The third kappa shape index (κ3) is 2.60. The van der Waals surface area contributed by atoms with Crippen LogP contribution in [0.25, 0.3) is 5.76 Å². The van der Waals surface area contributed by atoms with Gasteiger partial charge in [-0.1, -0.05) is 19.1 Å². The molecule has 0 radical (unpaired) electrons. The van der Waals surface area contributed by atoms with Crippen molar-refractivity contribution in [1.82, 2.24) is 4.90 Å². The van der Waals surface area contributed by atoms with Gasteiger partial charge in [0.15, 0.2) is 11.4 Å². The summed E-state index contributed by atoms with van der Waals surface area (Å²) in [6.45, 7) is 2.03. The van der Waals surface area contributed by atoms with Gasteiger partial charge in [-0.3, -0.25) is 19.3 Å². The van der Waals surface area contributed by atoms with E-state index in [1.165, 1.54) is 23.1 Å². The number of aliphatic hydroxyl groups excluding tert-OH is 3. The minimum atomic E-state index is -2.73. The van der Waals surface area contributed by atoms with E-state index in [0.29, 0.717) is 6.54 Å². The van der Waals surface area contributed by atoms with Gasteiger partial charge in [0.1, 0.15) is 22.8 Å². The van der Waals surface area contributed by atoms with Crippen LogP contribution in [-0.2, 0) is 14.4 Å². The van der Waals surface area contributed by atoms with Crippen LogP contribution in [0.3, 0.4) is 0 Å². The molecule has 0 heterocycles. The van der Waals surface area contributed by atoms with E-state index in [0.717, 1.165) is 0 Å². The molecule has 170 valence electrons. The molecule has 1 aromatic carbocycles. The number of ketones is 2. The predicted molar refractivity (Wildman–Crippen MR) is 110 cm³/mol.